The van der Waals surface area contributed by atoms with Crippen LogP contribution in [0.1, 0.15) is 18.4 Å². The van der Waals surface area contributed by atoms with Crippen molar-refractivity contribution in [2.75, 3.05) is 7.11 Å². The van der Waals surface area contributed by atoms with Crippen LogP contribution in [0.15, 0.2) is 42.5 Å². The predicted octanol–water partition coefficient (Wildman–Crippen LogP) is 2.99. The van der Waals surface area contributed by atoms with Crippen molar-refractivity contribution in [1.82, 2.24) is 0 Å². The second kappa shape index (κ2) is 3.58. The van der Waals surface area contributed by atoms with Crippen LogP contribution in [-0.2, 0) is 4.74 Å². The van der Waals surface area contributed by atoms with Gasteiger partial charge in [0, 0.05) is 18.9 Å². The van der Waals surface area contributed by atoms with Crippen molar-refractivity contribution in [2.24, 2.45) is 5.92 Å². The molecule has 1 aliphatic carbocycles. The molecule has 0 bridgehead atoms. The van der Waals surface area contributed by atoms with Crippen molar-refractivity contribution in [2.45, 2.75) is 18.9 Å². The van der Waals surface area contributed by atoms with Gasteiger partial charge in [-0.25, -0.2) is 0 Å². The maximum absolute atomic E-state index is 5.44. The molecule has 0 N–H and O–H groups in total. The van der Waals surface area contributed by atoms with E-state index in [1.54, 1.807) is 7.11 Å². The number of hydrogen-bond acceptors (Lipinski definition) is 1. The van der Waals surface area contributed by atoms with Gasteiger partial charge in [0.25, 0.3) is 0 Å². The van der Waals surface area contributed by atoms with Gasteiger partial charge in [-0.1, -0.05) is 42.5 Å². The Kier molecular flexibility index (Phi) is 2.42. The number of rotatable bonds is 3. The quantitative estimate of drug-likeness (QED) is 0.662. The van der Waals surface area contributed by atoms with E-state index in [1.165, 1.54) is 11.1 Å². The Morgan fingerprint density at radius 3 is 2.36 bits per heavy atom. The molecule has 1 saturated carbocycles. The van der Waals surface area contributed by atoms with Gasteiger partial charge in [0.15, 0.2) is 0 Å². The van der Waals surface area contributed by atoms with Crippen molar-refractivity contribution in [3.05, 3.63) is 48.0 Å². The van der Waals surface area contributed by atoms with Crippen molar-refractivity contribution < 1.29 is 4.74 Å². The molecule has 0 saturated heterocycles. The highest BCUT2D eigenvalue weighted by atomic mass is 16.5. The average molecular weight is 188 g/mol. The fourth-order valence-corrected chi connectivity index (χ4v) is 2.24. The van der Waals surface area contributed by atoms with E-state index in [4.69, 9.17) is 4.74 Å². The lowest BCUT2D eigenvalue weighted by atomic mass is 10.1. The molecular formula is C13H16O. The van der Waals surface area contributed by atoms with Crippen molar-refractivity contribution in [3.63, 3.8) is 0 Å². The average Bonchev–Trinajstić information content (AvgIpc) is 2.93. The SMILES string of the molecule is C=C(C)C1[C@@H](c2ccccc2)[C@H]1OC. The fourth-order valence-electron chi connectivity index (χ4n) is 2.24. The second-order valence-corrected chi connectivity index (χ2v) is 4.01. The number of ether oxygens (including phenoxy) is 1. The number of methoxy groups -OCH3 is 1. The normalized spacial score (nSPS) is 30.0. The molecule has 1 nitrogen and oxygen atoms in total. The minimum absolute atomic E-state index is 0.342. The summed E-state index contributed by atoms with van der Waals surface area (Å²) in [5.41, 5.74) is 2.60. The molecule has 3 atom stereocenters. The minimum Gasteiger partial charge on any atom is -0.380 e. The van der Waals surface area contributed by atoms with Gasteiger partial charge in [-0.15, -0.1) is 0 Å². The highest BCUT2D eigenvalue weighted by molar-refractivity contribution is 5.34. The van der Waals surface area contributed by atoms with Crippen LogP contribution in [-0.4, -0.2) is 13.2 Å². The summed E-state index contributed by atoms with van der Waals surface area (Å²) in [5, 5.41) is 0. The van der Waals surface area contributed by atoms with Gasteiger partial charge >= 0.3 is 0 Å². The predicted molar refractivity (Wildman–Crippen MR) is 58.3 cm³/mol. The fraction of sp³-hybridized carbons (Fsp3) is 0.385. The lowest BCUT2D eigenvalue weighted by molar-refractivity contribution is 0.170. The van der Waals surface area contributed by atoms with Gasteiger partial charge in [0.05, 0.1) is 6.10 Å². The smallest absolute Gasteiger partial charge is 0.0718 e. The molecule has 0 aliphatic heterocycles. The molecule has 1 aliphatic rings. The Labute approximate surface area is 85.4 Å². The minimum atomic E-state index is 0.342. The van der Waals surface area contributed by atoms with E-state index in [2.05, 4.69) is 37.8 Å². The molecule has 14 heavy (non-hydrogen) atoms. The number of benzene rings is 1. The molecule has 0 heterocycles. The molecule has 0 radical (unpaired) electrons. The van der Waals surface area contributed by atoms with E-state index in [-0.39, 0.29) is 0 Å². The molecule has 0 spiro atoms. The highest BCUT2D eigenvalue weighted by Crippen LogP contribution is 2.53. The summed E-state index contributed by atoms with van der Waals surface area (Å²) in [7, 11) is 1.78. The van der Waals surface area contributed by atoms with Crippen molar-refractivity contribution in [1.29, 1.82) is 0 Å². The van der Waals surface area contributed by atoms with E-state index >= 15 is 0 Å². The van der Waals surface area contributed by atoms with Crippen molar-refractivity contribution >= 4 is 0 Å². The van der Waals surface area contributed by atoms with Gasteiger partial charge in [-0.05, 0) is 12.5 Å². The van der Waals surface area contributed by atoms with E-state index in [1.807, 2.05) is 6.07 Å². The molecule has 1 fully saturated rings. The zero-order valence-corrected chi connectivity index (χ0v) is 8.73. The van der Waals surface area contributed by atoms with E-state index in [0.29, 0.717) is 17.9 Å². The van der Waals surface area contributed by atoms with Gasteiger partial charge in [0.1, 0.15) is 0 Å². The van der Waals surface area contributed by atoms with Crippen LogP contribution in [0.4, 0.5) is 0 Å². The summed E-state index contributed by atoms with van der Waals surface area (Å²) < 4.78 is 5.44. The molecule has 0 aromatic heterocycles. The van der Waals surface area contributed by atoms with Gasteiger partial charge in [-0.2, -0.15) is 0 Å². The van der Waals surface area contributed by atoms with E-state index in [0.717, 1.165) is 0 Å². The molecule has 1 heteroatoms. The third kappa shape index (κ3) is 1.48. The summed E-state index contributed by atoms with van der Waals surface area (Å²) >= 11 is 0. The highest BCUT2D eigenvalue weighted by Gasteiger charge is 2.51. The molecule has 74 valence electrons. The molecule has 2 rings (SSSR count). The Morgan fingerprint density at radius 2 is 1.93 bits per heavy atom. The van der Waals surface area contributed by atoms with Crippen LogP contribution >= 0.6 is 0 Å². The maximum atomic E-state index is 5.44. The number of hydrogen-bond donors (Lipinski definition) is 0. The first-order valence-corrected chi connectivity index (χ1v) is 4.99. The molecular weight excluding hydrogens is 172 g/mol. The topological polar surface area (TPSA) is 9.23 Å². The van der Waals surface area contributed by atoms with Crippen LogP contribution < -0.4 is 0 Å². The summed E-state index contributed by atoms with van der Waals surface area (Å²) in [6.07, 6.45) is 0.342. The largest absolute Gasteiger partial charge is 0.380 e. The first kappa shape index (κ1) is 9.47. The Morgan fingerprint density at radius 1 is 1.29 bits per heavy atom. The standard InChI is InChI=1S/C13H16O/c1-9(2)11-12(13(11)14-3)10-7-5-4-6-8-10/h4-8,11-13H,1H2,2-3H3/t11?,12-,13+/m1/s1. The third-order valence-corrected chi connectivity index (χ3v) is 2.98. The van der Waals surface area contributed by atoms with Crippen LogP contribution in [0.25, 0.3) is 0 Å². The van der Waals surface area contributed by atoms with Crippen LogP contribution in [0.5, 0.6) is 0 Å². The molecule has 1 unspecified atom stereocenters. The lowest BCUT2D eigenvalue weighted by Crippen LogP contribution is -1.91. The monoisotopic (exact) mass is 188 g/mol. The Bertz CT molecular complexity index is 328. The van der Waals surface area contributed by atoms with E-state index in [9.17, 15) is 0 Å². The maximum Gasteiger partial charge on any atom is 0.0718 e. The molecule has 0 amide bonds. The Hall–Kier alpha value is -1.08. The summed E-state index contributed by atoms with van der Waals surface area (Å²) in [4.78, 5) is 0. The molecule has 1 aromatic rings. The summed E-state index contributed by atoms with van der Waals surface area (Å²) in [6.45, 7) is 6.09. The lowest BCUT2D eigenvalue weighted by Gasteiger charge is -1.97. The van der Waals surface area contributed by atoms with Crippen LogP contribution in [0.3, 0.4) is 0 Å². The van der Waals surface area contributed by atoms with Crippen molar-refractivity contribution in [3.8, 4) is 0 Å². The van der Waals surface area contributed by atoms with Gasteiger partial charge in [0.2, 0.25) is 0 Å². The molecule has 1 aromatic carbocycles. The van der Waals surface area contributed by atoms with Crippen LogP contribution in [0.2, 0.25) is 0 Å². The summed E-state index contributed by atoms with van der Waals surface area (Å²) in [6, 6.07) is 10.5. The zero-order chi connectivity index (χ0) is 10.1. The first-order valence-electron chi connectivity index (χ1n) is 4.99. The second-order valence-electron chi connectivity index (χ2n) is 4.01. The van der Waals surface area contributed by atoms with Crippen LogP contribution in [0, 0.1) is 5.92 Å². The Balaban J connectivity index is 2.18. The summed E-state index contributed by atoms with van der Waals surface area (Å²) in [5.74, 6) is 1.04. The zero-order valence-electron chi connectivity index (χ0n) is 8.73. The van der Waals surface area contributed by atoms with Gasteiger partial charge in [-0.3, -0.25) is 0 Å². The van der Waals surface area contributed by atoms with E-state index < -0.39 is 0 Å². The van der Waals surface area contributed by atoms with Gasteiger partial charge < -0.3 is 4.74 Å². The first-order chi connectivity index (χ1) is 6.75. The third-order valence-electron chi connectivity index (χ3n) is 2.98.